The second-order valence-corrected chi connectivity index (χ2v) is 5.70. The van der Waals surface area contributed by atoms with Crippen molar-refractivity contribution in [1.82, 2.24) is 4.90 Å². The van der Waals surface area contributed by atoms with E-state index >= 15 is 0 Å². The van der Waals surface area contributed by atoms with Crippen LogP contribution in [0.4, 0.5) is 5.69 Å². The summed E-state index contributed by atoms with van der Waals surface area (Å²) >= 11 is 0. The highest BCUT2D eigenvalue weighted by atomic mass is 16.5. The lowest BCUT2D eigenvalue weighted by Gasteiger charge is -2.33. The van der Waals surface area contributed by atoms with E-state index in [1.54, 1.807) is 20.3 Å². The van der Waals surface area contributed by atoms with Crippen molar-refractivity contribution in [1.29, 1.82) is 0 Å². The van der Waals surface area contributed by atoms with E-state index in [0.29, 0.717) is 18.0 Å². The molecule has 1 amide bonds. The third-order valence-corrected chi connectivity index (χ3v) is 4.20. The molecule has 1 N–H and O–H groups in total. The van der Waals surface area contributed by atoms with Gasteiger partial charge in [-0.15, -0.1) is 6.42 Å². The molecule has 0 saturated carbocycles. The highest BCUT2D eigenvalue weighted by molar-refractivity contribution is 5.96. The van der Waals surface area contributed by atoms with Crippen LogP contribution in [0.25, 0.3) is 0 Å². The predicted octanol–water partition coefficient (Wildman–Crippen LogP) is 2.44. The Bertz CT molecular complexity index is 607. The maximum Gasteiger partial charge on any atom is 0.241 e. The smallest absolute Gasteiger partial charge is 0.241 e. The summed E-state index contributed by atoms with van der Waals surface area (Å²) in [5.74, 6) is 3.86. The number of nitrogens with one attached hydrogen (secondary N) is 1. The molecular formula is C18H24N2O3. The minimum atomic E-state index is -0.174. The Labute approximate surface area is 138 Å². The Kier molecular flexibility index (Phi) is 5.89. The fraction of sp³-hybridized carbons (Fsp3) is 0.500. The van der Waals surface area contributed by atoms with E-state index in [4.69, 9.17) is 15.9 Å². The molecule has 1 aromatic carbocycles. The number of carbonyl (C=O) groups excluding carboxylic acids is 1. The standard InChI is InChI=1S/C18H24N2O3/c1-5-9-20-10-7-6-8-15(20)18(21)19-14-12-17(23-4)16(22-3)11-13(14)2/h1,11-12,15H,6-10H2,2-4H3,(H,19,21)/t15-/m0/s1. The van der Waals surface area contributed by atoms with Crippen LogP contribution in [0, 0.1) is 19.3 Å². The van der Waals surface area contributed by atoms with Crippen LogP contribution in [0.2, 0.25) is 0 Å². The van der Waals surface area contributed by atoms with Crippen LogP contribution in [-0.2, 0) is 4.79 Å². The number of rotatable bonds is 5. The lowest BCUT2D eigenvalue weighted by molar-refractivity contribution is -0.122. The predicted molar refractivity (Wildman–Crippen MR) is 91.0 cm³/mol. The van der Waals surface area contributed by atoms with E-state index in [0.717, 1.165) is 37.1 Å². The Morgan fingerprint density at radius 2 is 2.04 bits per heavy atom. The van der Waals surface area contributed by atoms with E-state index in [1.807, 2.05) is 13.0 Å². The number of carbonyl (C=O) groups is 1. The first-order chi connectivity index (χ1) is 11.1. The summed E-state index contributed by atoms with van der Waals surface area (Å²) in [5, 5.41) is 3.01. The quantitative estimate of drug-likeness (QED) is 0.848. The fourth-order valence-corrected chi connectivity index (χ4v) is 2.93. The zero-order chi connectivity index (χ0) is 16.8. The molecule has 1 aromatic rings. The van der Waals surface area contributed by atoms with Crippen molar-refractivity contribution in [2.45, 2.75) is 32.2 Å². The third kappa shape index (κ3) is 3.96. The maximum absolute atomic E-state index is 12.7. The molecule has 0 bridgehead atoms. The summed E-state index contributed by atoms with van der Waals surface area (Å²) in [4.78, 5) is 14.7. The summed E-state index contributed by atoms with van der Waals surface area (Å²) in [6, 6.07) is 3.47. The van der Waals surface area contributed by atoms with Crippen LogP contribution in [0.3, 0.4) is 0 Å². The number of likely N-dealkylation sites (tertiary alicyclic amines) is 1. The molecule has 2 rings (SSSR count). The molecule has 1 saturated heterocycles. The first kappa shape index (κ1) is 17.2. The molecule has 0 radical (unpaired) electrons. The molecule has 0 spiro atoms. The molecule has 124 valence electrons. The third-order valence-electron chi connectivity index (χ3n) is 4.20. The molecule has 1 fully saturated rings. The molecule has 0 unspecified atom stereocenters. The highest BCUT2D eigenvalue weighted by Crippen LogP contribution is 2.33. The number of nitrogens with zero attached hydrogens (tertiary/aromatic N) is 1. The Morgan fingerprint density at radius 1 is 1.35 bits per heavy atom. The summed E-state index contributed by atoms with van der Waals surface area (Å²) < 4.78 is 10.6. The summed E-state index contributed by atoms with van der Waals surface area (Å²) in [5.41, 5.74) is 1.66. The number of hydrogen-bond donors (Lipinski definition) is 1. The monoisotopic (exact) mass is 316 g/mol. The number of piperidine rings is 1. The van der Waals surface area contributed by atoms with E-state index in [1.165, 1.54) is 0 Å². The lowest BCUT2D eigenvalue weighted by Crippen LogP contribution is -2.47. The Morgan fingerprint density at radius 3 is 2.70 bits per heavy atom. The number of ether oxygens (including phenoxy) is 2. The average Bonchev–Trinajstić information content (AvgIpc) is 2.57. The van der Waals surface area contributed by atoms with Gasteiger partial charge in [-0.25, -0.2) is 0 Å². The van der Waals surface area contributed by atoms with Gasteiger partial charge < -0.3 is 14.8 Å². The topological polar surface area (TPSA) is 50.8 Å². The molecule has 1 atom stereocenters. The summed E-state index contributed by atoms with van der Waals surface area (Å²) in [7, 11) is 3.17. The first-order valence-corrected chi connectivity index (χ1v) is 7.81. The first-order valence-electron chi connectivity index (χ1n) is 7.81. The Hall–Kier alpha value is -2.19. The molecule has 0 aromatic heterocycles. The van der Waals surface area contributed by atoms with Gasteiger partial charge in [-0.05, 0) is 37.9 Å². The number of amides is 1. The van der Waals surface area contributed by atoms with Gasteiger partial charge in [0.15, 0.2) is 11.5 Å². The molecule has 23 heavy (non-hydrogen) atoms. The van der Waals surface area contributed by atoms with Gasteiger partial charge in [0.2, 0.25) is 5.91 Å². The van der Waals surface area contributed by atoms with Gasteiger partial charge in [-0.1, -0.05) is 12.3 Å². The zero-order valence-electron chi connectivity index (χ0n) is 14.0. The number of aryl methyl sites for hydroxylation is 1. The van der Waals surface area contributed by atoms with Gasteiger partial charge in [0.05, 0.1) is 26.8 Å². The second kappa shape index (κ2) is 7.89. The van der Waals surface area contributed by atoms with Crippen molar-refractivity contribution in [3.63, 3.8) is 0 Å². The average molecular weight is 316 g/mol. The van der Waals surface area contributed by atoms with E-state index in [9.17, 15) is 4.79 Å². The van der Waals surface area contributed by atoms with E-state index in [2.05, 4.69) is 16.1 Å². The van der Waals surface area contributed by atoms with E-state index < -0.39 is 0 Å². The number of terminal acetylenes is 1. The van der Waals surface area contributed by atoms with Crippen molar-refractivity contribution in [2.24, 2.45) is 0 Å². The van der Waals surface area contributed by atoms with Crippen molar-refractivity contribution in [3.8, 4) is 23.8 Å². The van der Waals surface area contributed by atoms with Gasteiger partial charge in [-0.3, -0.25) is 9.69 Å². The molecule has 1 aliphatic heterocycles. The van der Waals surface area contributed by atoms with Crippen LogP contribution < -0.4 is 14.8 Å². The van der Waals surface area contributed by atoms with Gasteiger partial charge in [0.1, 0.15) is 0 Å². The van der Waals surface area contributed by atoms with Crippen LogP contribution in [0.15, 0.2) is 12.1 Å². The van der Waals surface area contributed by atoms with Crippen LogP contribution in [-0.4, -0.2) is 44.2 Å². The molecular weight excluding hydrogens is 292 g/mol. The lowest BCUT2D eigenvalue weighted by atomic mass is 10.0. The number of methoxy groups -OCH3 is 2. The Balaban J connectivity index is 2.17. The van der Waals surface area contributed by atoms with Crippen LogP contribution in [0.5, 0.6) is 11.5 Å². The largest absolute Gasteiger partial charge is 0.493 e. The van der Waals surface area contributed by atoms with Gasteiger partial charge >= 0.3 is 0 Å². The number of benzene rings is 1. The molecule has 1 aliphatic rings. The molecule has 5 nitrogen and oxygen atoms in total. The summed E-state index contributed by atoms with van der Waals surface area (Å²) in [6.45, 7) is 3.30. The minimum Gasteiger partial charge on any atom is -0.493 e. The van der Waals surface area contributed by atoms with Crippen LogP contribution in [0.1, 0.15) is 24.8 Å². The van der Waals surface area contributed by atoms with Crippen molar-refractivity contribution < 1.29 is 14.3 Å². The molecule has 5 heteroatoms. The van der Waals surface area contributed by atoms with Crippen molar-refractivity contribution >= 4 is 11.6 Å². The molecule has 1 heterocycles. The second-order valence-electron chi connectivity index (χ2n) is 5.70. The van der Waals surface area contributed by atoms with E-state index in [-0.39, 0.29) is 11.9 Å². The highest BCUT2D eigenvalue weighted by Gasteiger charge is 2.28. The maximum atomic E-state index is 12.7. The van der Waals surface area contributed by atoms with Crippen molar-refractivity contribution in [2.75, 3.05) is 32.6 Å². The number of hydrogen-bond acceptors (Lipinski definition) is 4. The van der Waals surface area contributed by atoms with Gasteiger partial charge in [0.25, 0.3) is 0 Å². The zero-order valence-corrected chi connectivity index (χ0v) is 14.0. The molecule has 0 aliphatic carbocycles. The minimum absolute atomic E-state index is 0.0183. The van der Waals surface area contributed by atoms with Gasteiger partial charge in [0, 0.05) is 11.8 Å². The fourth-order valence-electron chi connectivity index (χ4n) is 2.93. The summed E-state index contributed by atoms with van der Waals surface area (Å²) in [6.07, 6.45) is 8.38. The normalized spacial score (nSPS) is 18.1. The van der Waals surface area contributed by atoms with Gasteiger partial charge in [-0.2, -0.15) is 0 Å². The van der Waals surface area contributed by atoms with Crippen molar-refractivity contribution in [3.05, 3.63) is 17.7 Å². The SMILES string of the molecule is C#CCN1CCCC[C@H]1C(=O)Nc1cc(OC)c(OC)cc1C. The number of anilines is 1. The van der Waals surface area contributed by atoms with Crippen LogP contribution >= 0.6 is 0 Å².